The van der Waals surface area contributed by atoms with Gasteiger partial charge in [-0.25, -0.2) is 0 Å². The first-order chi connectivity index (χ1) is 10.1. The summed E-state index contributed by atoms with van der Waals surface area (Å²) in [5.74, 6) is 2.03. The van der Waals surface area contributed by atoms with Crippen LogP contribution in [-0.4, -0.2) is 54.4 Å². The van der Waals surface area contributed by atoms with E-state index >= 15 is 0 Å². The highest BCUT2D eigenvalue weighted by Crippen LogP contribution is 2.28. The lowest BCUT2D eigenvalue weighted by atomic mass is 9.89. The fourth-order valence-electron chi connectivity index (χ4n) is 2.92. The molecule has 1 fully saturated rings. The van der Waals surface area contributed by atoms with Gasteiger partial charge in [0.1, 0.15) is 6.10 Å². The van der Waals surface area contributed by atoms with Crippen molar-refractivity contribution < 1.29 is 9.26 Å². The molecule has 2 heterocycles. The zero-order valence-corrected chi connectivity index (χ0v) is 13.8. The van der Waals surface area contributed by atoms with Crippen molar-refractivity contribution in [2.45, 2.75) is 45.8 Å². The van der Waals surface area contributed by atoms with Gasteiger partial charge in [0.15, 0.2) is 0 Å². The van der Waals surface area contributed by atoms with E-state index in [1.807, 2.05) is 7.05 Å². The van der Waals surface area contributed by atoms with Crippen LogP contribution < -0.4 is 5.32 Å². The van der Waals surface area contributed by atoms with Crippen molar-refractivity contribution in [3.63, 3.8) is 0 Å². The number of nitrogens with zero attached hydrogens (tertiary/aromatic N) is 3. The van der Waals surface area contributed by atoms with Crippen molar-refractivity contribution in [1.82, 2.24) is 20.4 Å². The maximum Gasteiger partial charge on any atom is 0.231 e. The second kappa shape index (κ2) is 7.33. The van der Waals surface area contributed by atoms with E-state index < -0.39 is 0 Å². The van der Waals surface area contributed by atoms with E-state index in [1.165, 1.54) is 0 Å². The van der Waals surface area contributed by atoms with Crippen LogP contribution in [0.4, 0.5) is 0 Å². The van der Waals surface area contributed by atoms with Crippen molar-refractivity contribution in [3.05, 3.63) is 11.7 Å². The van der Waals surface area contributed by atoms with E-state index in [9.17, 15) is 0 Å². The molecule has 1 saturated heterocycles. The van der Waals surface area contributed by atoms with Crippen molar-refractivity contribution in [2.24, 2.45) is 5.92 Å². The highest BCUT2D eigenvalue weighted by atomic mass is 16.5. The van der Waals surface area contributed by atoms with E-state index in [-0.39, 0.29) is 18.1 Å². The SMILES string of the molecule is CCN1CCOC(c2noc(C(C(C)C)C(C)NC)n2)C1. The minimum absolute atomic E-state index is 0.0751. The molecule has 3 unspecified atom stereocenters. The van der Waals surface area contributed by atoms with Gasteiger partial charge in [0.05, 0.1) is 12.5 Å². The third kappa shape index (κ3) is 3.81. The van der Waals surface area contributed by atoms with E-state index in [2.05, 4.69) is 48.1 Å². The highest BCUT2D eigenvalue weighted by molar-refractivity contribution is 5.02. The molecular formula is C15H28N4O2. The number of aromatic nitrogens is 2. The minimum atomic E-state index is -0.0751. The topological polar surface area (TPSA) is 63.4 Å². The van der Waals surface area contributed by atoms with Gasteiger partial charge in [0, 0.05) is 19.1 Å². The first kappa shape index (κ1) is 16.4. The highest BCUT2D eigenvalue weighted by Gasteiger charge is 2.30. The van der Waals surface area contributed by atoms with Crippen LogP contribution in [0, 0.1) is 5.92 Å². The molecule has 120 valence electrons. The zero-order chi connectivity index (χ0) is 15.4. The zero-order valence-electron chi connectivity index (χ0n) is 13.8. The number of rotatable bonds is 6. The molecule has 0 aromatic carbocycles. The molecule has 2 rings (SSSR count). The Balaban J connectivity index is 2.12. The molecule has 21 heavy (non-hydrogen) atoms. The Bertz CT molecular complexity index is 435. The molecule has 0 spiro atoms. The predicted molar refractivity (Wildman–Crippen MR) is 81.2 cm³/mol. The average molecular weight is 296 g/mol. The summed E-state index contributed by atoms with van der Waals surface area (Å²) in [5.41, 5.74) is 0. The van der Waals surface area contributed by atoms with Gasteiger partial charge in [-0.3, -0.25) is 4.90 Å². The van der Waals surface area contributed by atoms with Gasteiger partial charge in [-0.05, 0) is 26.4 Å². The van der Waals surface area contributed by atoms with Gasteiger partial charge in [0.25, 0.3) is 0 Å². The third-order valence-electron chi connectivity index (χ3n) is 4.34. The van der Waals surface area contributed by atoms with Crippen molar-refractivity contribution >= 4 is 0 Å². The van der Waals surface area contributed by atoms with Crippen molar-refractivity contribution in [3.8, 4) is 0 Å². The lowest BCUT2D eigenvalue weighted by Gasteiger charge is -2.30. The van der Waals surface area contributed by atoms with E-state index in [4.69, 9.17) is 9.26 Å². The molecule has 1 aliphatic rings. The third-order valence-corrected chi connectivity index (χ3v) is 4.34. The molecule has 1 N–H and O–H groups in total. The standard InChI is InChI=1S/C15H28N4O2/c1-6-19-7-8-20-12(9-19)14-17-15(21-18-14)13(10(2)3)11(4)16-5/h10-13,16H,6-9H2,1-5H3. The normalized spacial score (nSPS) is 23.4. The molecule has 1 aliphatic heterocycles. The second-order valence-electron chi connectivity index (χ2n) is 6.09. The predicted octanol–water partition coefficient (Wildman–Crippen LogP) is 1.81. The molecule has 1 aromatic rings. The Morgan fingerprint density at radius 2 is 2.14 bits per heavy atom. The summed E-state index contributed by atoms with van der Waals surface area (Å²) in [6, 6.07) is 0.290. The minimum Gasteiger partial charge on any atom is -0.367 e. The number of morpholine rings is 1. The van der Waals surface area contributed by atoms with E-state index in [0.29, 0.717) is 17.6 Å². The van der Waals surface area contributed by atoms with Gasteiger partial charge in [-0.2, -0.15) is 4.98 Å². The smallest absolute Gasteiger partial charge is 0.231 e. The van der Waals surface area contributed by atoms with Gasteiger partial charge in [0.2, 0.25) is 11.7 Å². The Morgan fingerprint density at radius 3 is 2.76 bits per heavy atom. The number of hydrogen-bond donors (Lipinski definition) is 1. The van der Waals surface area contributed by atoms with Gasteiger partial charge in [-0.1, -0.05) is 25.9 Å². The summed E-state index contributed by atoms with van der Waals surface area (Å²) in [6.07, 6.45) is -0.0751. The van der Waals surface area contributed by atoms with Crippen LogP contribution in [0.3, 0.4) is 0 Å². The van der Waals surface area contributed by atoms with Crippen LogP contribution in [-0.2, 0) is 4.74 Å². The molecule has 0 bridgehead atoms. The van der Waals surface area contributed by atoms with Gasteiger partial charge >= 0.3 is 0 Å². The fraction of sp³-hybridized carbons (Fsp3) is 0.867. The molecular weight excluding hydrogens is 268 g/mol. The molecule has 0 amide bonds. The number of hydrogen-bond acceptors (Lipinski definition) is 6. The molecule has 0 aliphatic carbocycles. The molecule has 3 atom stereocenters. The Morgan fingerprint density at radius 1 is 1.38 bits per heavy atom. The first-order valence-corrected chi connectivity index (χ1v) is 7.91. The van der Waals surface area contributed by atoms with Crippen LogP contribution in [0.5, 0.6) is 0 Å². The van der Waals surface area contributed by atoms with Crippen molar-refractivity contribution in [1.29, 1.82) is 0 Å². The summed E-state index contributed by atoms with van der Waals surface area (Å²) in [6.45, 7) is 12.2. The van der Waals surface area contributed by atoms with Gasteiger partial charge < -0.3 is 14.6 Å². The van der Waals surface area contributed by atoms with Crippen LogP contribution in [0.15, 0.2) is 4.52 Å². The molecule has 1 aromatic heterocycles. The van der Waals surface area contributed by atoms with Crippen LogP contribution in [0.1, 0.15) is 51.4 Å². The Labute approximate surface area is 127 Å². The summed E-state index contributed by atoms with van der Waals surface area (Å²) in [5, 5.41) is 7.45. The van der Waals surface area contributed by atoms with Crippen LogP contribution >= 0.6 is 0 Å². The number of likely N-dealkylation sites (N-methyl/N-ethyl adjacent to an activating group) is 2. The summed E-state index contributed by atoms with van der Waals surface area (Å²) < 4.78 is 11.3. The molecule has 6 nitrogen and oxygen atoms in total. The average Bonchev–Trinajstić information content (AvgIpc) is 2.96. The largest absolute Gasteiger partial charge is 0.367 e. The molecule has 0 saturated carbocycles. The first-order valence-electron chi connectivity index (χ1n) is 7.91. The fourth-order valence-corrected chi connectivity index (χ4v) is 2.92. The molecule has 6 heteroatoms. The monoisotopic (exact) mass is 296 g/mol. The maximum atomic E-state index is 5.79. The Kier molecular flexibility index (Phi) is 5.72. The Hall–Kier alpha value is -0.980. The summed E-state index contributed by atoms with van der Waals surface area (Å²) in [4.78, 5) is 6.97. The van der Waals surface area contributed by atoms with Crippen LogP contribution in [0.2, 0.25) is 0 Å². The molecule has 0 radical (unpaired) electrons. The quantitative estimate of drug-likeness (QED) is 0.864. The van der Waals surface area contributed by atoms with Gasteiger partial charge in [-0.15, -0.1) is 0 Å². The summed E-state index contributed by atoms with van der Waals surface area (Å²) in [7, 11) is 1.96. The summed E-state index contributed by atoms with van der Waals surface area (Å²) >= 11 is 0. The number of ether oxygens (including phenoxy) is 1. The van der Waals surface area contributed by atoms with E-state index in [0.717, 1.165) is 26.2 Å². The maximum absolute atomic E-state index is 5.79. The van der Waals surface area contributed by atoms with E-state index in [1.54, 1.807) is 0 Å². The lowest BCUT2D eigenvalue weighted by Crippen LogP contribution is -2.38. The second-order valence-corrected chi connectivity index (χ2v) is 6.09. The lowest BCUT2D eigenvalue weighted by molar-refractivity contribution is -0.0334. The number of nitrogens with one attached hydrogen (secondary N) is 1. The van der Waals surface area contributed by atoms with Crippen LogP contribution in [0.25, 0.3) is 0 Å². The van der Waals surface area contributed by atoms with Crippen molar-refractivity contribution in [2.75, 3.05) is 33.3 Å².